The molecule has 0 atom stereocenters. The topological polar surface area (TPSA) is 115 Å². The fraction of sp³-hybridized carbons (Fsp3) is 0.375. The first-order chi connectivity index (χ1) is 12.1. The smallest absolute Gasteiger partial charge is 0.289 e. The molecule has 1 aromatic carbocycles. The largest absolute Gasteiger partial charge is 0.503 e. The number of benzene rings is 1. The van der Waals surface area contributed by atoms with Crippen LogP contribution in [0.3, 0.4) is 0 Å². The number of hydrogen-bond donors (Lipinski definition) is 2. The Morgan fingerprint density at radius 1 is 1.38 bits per heavy atom. The lowest BCUT2D eigenvalue weighted by Crippen LogP contribution is -2.33. The average Bonchev–Trinajstić information content (AvgIpc) is 2.83. The number of likely N-dealkylation sites (N-methyl/N-ethyl adjacent to an activating group) is 1. The highest BCUT2D eigenvalue weighted by Crippen LogP contribution is 2.22. The summed E-state index contributed by atoms with van der Waals surface area (Å²) in [5.41, 5.74) is 0.0651. The van der Waals surface area contributed by atoms with E-state index in [-0.39, 0.29) is 42.3 Å². The molecular formula is C16H19FN2O6S. The summed E-state index contributed by atoms with van der Waals surface area (Å²) >= 11 is 0. The third-order valence-electron chi connectivity index (χ3n) is 3.94. The lowest BCUT2D eigenvalue weighted by Gasteiger charge is -2.20. The van der Waals surface area contributed by atoms with Crippen molar-refractivity contribution in [3.05, 3.63) is 40.9 Å². The SMILES string of the molecule is CN(Cc1ccc(F)cc1S(C)(=O)=O)C(=O)C1=C(O)C(=O)N(CCO)C1. The van der Waals surface area contributed by atoms with Crippen molar-refractivity contribution in [3.8, 4) is 0 Å². The second kappa shape index (κ2) is 7.42. The molecule has 0 fully saturated rings. The fourth-order valence-corrected chi connectivity index (χ4v) is 3.58. The third-order valence-corrected chi connectivity index (χ3v) is 5.11. The van der Waals surface area contributed by atoms with Crippen LogP contribution in [0, 0.1) is 5.82 Å². The zero-order valence-corrected chi connectivity index (χ0v) is 15.1. The second-order valence-electron chi connectivity index (χ2n) is 5.96. The quantitative estimate of drug-likeness (QED) is 0.702. The predicted molar refractivity (Wildman–Crippen MR) is 89.3 cm³/mol. The maximum atomic E-state index is 13.4. The molecule has 0 saturated heterocycles. The van der Waals surface area contributed by atoms with Gasteiger partial charge in [0.25, 0.3) is 11.8 Å². The number of nitrogens with zero attached hydrogens (tertiary/aromatic N) is 2. The highest BCUT2D eigenvalue weighted by molar-refractivity contribution is 7.90. The van der Waals surface area contributed by atoms with Crippen molar-refractivity contribution < 1.29 is 32.6 Å². The lowest BCUT2D eigenvalue weighted by atomic mass is 10.1. The van der Waals surface area contributed by atoms with Crippen molar-refractivity contribution in [2.24, 2.45) is 0 Å². The molecule has 1 aromatic rings. The summed E-state index contributed by atoms with van der Waals surface area (Å²) in [6.45, 7) is -0.660. The minimum Gasteiger partial charge on any atom is -0.503 e. The molecule has 8 nitrogen and oxygen atoms in total. The van der Waals surface area contributed by atoms with Gasteiger partial charge in [0.1, 0.15) is 5.82 Å². The first kappa shape index (κ1) is 19.9. The van der Waals surface area contributed by atoms with E-state index in [1.54, 1.807) is 0 Å². The molecule has 0 unspecified atom stereocenters. The molecule has 0 aliphatic carbocycles. The summed E-state index contributed by atoms with van der Waals surface area (Å²) < 4.78 is 37.0. The molecule has 2 N–H and O–H groups in total. The Labute approximate surface area is 150 Å². The van der Waals surface area contributed by atoms with Crippen molar-refractivity contribution in [2.45, 2.75) is 11.4 Å². The fourth-order valence-electron chi connectivity index (χ4n) is 2.65. The predicted octanol–water partition coefficient (Wildman–Crippen LogP) is -0.166. The highest BCUT2D eigenvalue weighted by atomic mass is 32.2. The Bertz CT molecular complexity index is 881. The Hall–Kier alpha value is -2.46. The third kappa shape index (κ3) is 4.02. The first-order valence-corrected chi connectivity index (χ1v) is 9.51. The van der Waals surface area contributed by atoms with Crippen LogP contribution in [0.4, 0.5) is 4.39 Å². The van der Waals surface area contributed by atoms with E-state index in [2.05, 4.69) is 0 Å². The first-order valence-electron chi connectivity index (χ1n) is 7.62. The normalized spacial score (nSPS) is 14.9. The molecule has 0 aromatic heterocycles. The van der Waals surface area contributed by atoms with Crippen LogP contribution in [0.2, 0.25) is 0 Å². The van der Waals surface area contributed by atoms with Gasteiger partial charge in [-0.25, -0.2) is 12.8 Å². The van der Waals surface area contributed by atoms with Crippen LogP contribution in [0.5, 0.6) is 0 Å². The summed E-state index contributed by atoms with van der Waals surface area (Å²) in [7, 11) is -2.34. The van der Waals surface area contributed by atoms with E-state index in [1.807, 2.05) is 0 Å². The monoisotopic (exact) mass is 386 g/mol. The van der Waals surface area contributed by atoms with Crippen molar-refractivity contribution >= 4 is 21.7 Å². The Morgan fingerprint density at radius 3 is 2.62 bits per heavy atom. The van der Waals surface area contributed by atoms with Crippen molar-refractivity contribution in [1.82, 2.24) is 9.80 Å². The van der Waals surface area contributed by atoms with Gasteiger partial charge in [-0.05, 0) is 17.7 Å². The Kier molecular flexibility index (Phi) is 5.67. The van der Waals surface area contributed by atoms with Crippen LogP contribution in [-0.2, 0) is 26.0 Å². The van der Waals surface area contributed by atoms with Gasteiger partial charge in [0.05, 0.1) is 23.6 Å². The molecule has 2 amide bonds. The number of carbonyl (C=O) groups is 2. The number of carbonyl (C=O) groups excluding carboxylic acids is 2. The number of aliphatic hydroxyl groups excluding tert-OH is 2. The number of β-amino-alcohol motifs (C(OH)–C–C–N with tert-alkyl or cyclic N) is 1. The van der Waals surface area contributed by atoms with E-state index < -0.39 is 33.2 Å². The zero-order valence-electron chi connectivity index (χ0n) is 14.3. The second-order valence-corrected chi connectivity index (χ2v) is 7.95. The van der Waals surface area contributed by atoms with E-state index >= 15 is 0 Å². The number of sulfone groups is 1. The lowest BCUT2D eigenvalue weighted by molar-refractivity contribution is -0.128. The van der Waals surface area contributed by atoms with Gasteiger partial charge < -0.3 is 20.0 Å². The molecule has 1 aliphatic heterocycles. The van der Waals surface area contributed by atoms with Crippen LogP contribution in [0.25, 0.3) is 0 Å². The van der Waals surface area contributed by atoms with Gasteiger partial charge in [-0.3, -0.25) is 9.59 Å². The summed E-state index contributed by atoms with van der Waals surface area (Å²) in [5.74, 6) is -2.84. The molecule has 0 bridgehead atoms. The van der Waals surface area contributed by atoms with Crippen LogP contribution in [0.15, 0.2) is 34.4 Å². The van der Waals surface area contributed by atoms with Gasteiger partial charge in [-0.2, -0.15) is 0 Å². The van der Waals surface area contributed by atoms with E-state index in [1.165, 1.54) is 13.1 Å². The van der Waals surface area contributed by atoms with Gasteiger partial charge in [-0.1, -0.05) is 6.07 Å². The molecule has 10 heteroatoms. The van der Waals surface area contributed by atoms with Gasteiger partial charge >= 0.3 is 0 Å². The molecule has 1 heterocycles. The van der Waals surface area contributed by atoms with Gasteiger partial charge in [-0.15, -0.1) is 0 Å². The van der Waals surface area contributed by atoms with Gasteiger partial charge in [0, 0.05) is 26.4 Å². The maximum absolute atomic E-state index is 13.4. The standard InChI is InChI=1S/C16H19FN2O6S/c1-18(8-10-3-4-11(17)7-13(10)26(2,24)25)15(22)12-9-19(5-6-20)16(23)14(12)21/h3-4,7,20-21H,5-6,8-9H2,1-2H3. The highest BCUT2D eigenvalue weighted by Gasteiger charge is 2.35. The van der Waals surface area contributed by atoms with E-state index in [4.69, 9.17) is 5.11 Å². The molecule has 0 radical (unpaired) electrons. The molecule has 26 heavy (non-hydrogen) atoms. The summed E-state index contributed by atoms with van der Waals surface area (Å²) in [6, 6.07) is 3.23. The summed E-state index contributed by atoms with van der Waals surface area (Å²) in [5, 5.41) is 18.8. The molecular weight excluding hydrogens is 367 g/mol. The van der Waals surface area contributed by atoms with E-state index in [9.17, 15) is 27.5 Å². The van der Waals surface area contributed by atoms with Gasteiger partial charge in [0.2, 0.25) is 0 Å². The summed E-state index contributed by atoms with van der Waals surface area (Å²) in [6.07, 6.45) is 0.934. The van der Waals surface area contributed by atoms with Crippen molar-refractivity contribution in [2.75, 3.05) is 33.0 Å². The minimum atomic E-state index is -3.71. The molecule has 0 spiro atoms. The number of halogens is 1. The Balaban J connectivity index is 2.25. The molecule has 1 aliphatic rings. The number of amides is 2. The molecule has 2 rings (SSSR count). The van der Waals surface area contributed by atoms with Crippen LogP contribution in [-0.4, -0.2) is 73.2 Å². The number of aliphatic hydroxyl groups is 2. The van der Waals surface area contributed by atoms with Crippen molar-refractivity contribution in [1.29, 1.82) is 0 Å². The number of rotatable bonds is 6. The average molecular weight is 386 g/mol. The van der Waals surface area contributed by atoms with Crippen LogP contribution >= 0.6 is 0 Å². The molecule has 0 saturated carbocycles. The van der Waals surface area contributed by atoms with E-state index in [0.717, 1.165) is 28.2 Å². The molecule has 142 valence electrons. The summed E-state index contributed by atoms with van der Waals surface area (Å²) in [4.78, 5) is 26.4. The zero-order chi connectivity index (χ0) is 19.6. The van der Waals surface area contributed by atoms with Crippen LogP contribution < -0.4 is 0 Å². The Morgan fingerprint density at radius 2 is 2.04 bits per heavy atom. The van der Waals surface area contributed by atoms with E-state index in [0.29, 0.717) is 0 Å². The van der Waals surface area contributed by atoms with Crippen LogP contribution in [0.1, 0.15) is 5.56 Å². The van der Waals surface area contributed by atoms with Crippen molar-refractivity contribution in [3.63, 3.8) is 0 Å². The number of hydrogen-bond acceptors (Lipinski definition) is 6. The minimum absolute atomic E-state index is 0.0282. The maximum Gasteiger partial charge on any atom is 0.289 e. The van der Waals surface area contributed by atoms with Gasteiger partial charge in [0.15, 0.2) is 15.6 Å².